The van der Waals surface area contributed by atoms with E-state index in [9.17, 15) is 4.79 Å². The summed E-state index contributed by atoms with van der Waals surface area (Å²) in [6.45, 7) is 2.66. The molecular formula is C15H18N2O3. The van der Waals surface area contributed by atoms with Gasteiger partial charge in [0.25, 0.3) is 0 Å². The number of hydrogen-bond acceptors (Lipinski definition) is 3. The molecule has 0 amide bonds. The highest BCUT2D eigenvalue weighted by molar-refractivity contribution is 5.88. The minimum absolute atomic E-state index is 0.262. The van der Waals surface area contributed by atoms with E-state index in [1.165, 1.54) is 0 Å². The Hall–Kier alpha value is -2.30. The van der Waals surface area contributed by atoms with Crippen LogP contribution in [-0.2, 0) is 13.0 Å². The van der Waals surface area contributed by atoms with Crippen molar-refractivity contribution in [2.24, 2.45) is 0 Å². The molecule has 2 aromatic rings. The fourth-order valence-electron chi connectivity index (χ4n) is 2.15. The molecule has 0 aliphatic rings. The van der Waals surface area contributed by atoms with E-state index in [-0.39, 0.29) is 5.56 Å². The van der Waals surface area contributed by atoms with Crippen LogP contribution in [0.5, 0.6) is 5.75 Å². The number of carboxylic acids is 1. The van der Waals surface area contributed by atoms with Gasteiger partial charge in [0.05, 0.1) is 19.2 Å². The standard InChI is InChI=1S/C15H18N2O3/c1-3-4-14-16-7-8-17(14)10-12-9-11(15(18)19)5-6-13(12)20-2/h5-9H,3-4,10H2,1-2H3,(H,18,19). The molecule has 0 bridgehead atoms. The maximum absolute atomic E-state index is 11.1. The zero-order valence-electron chi connectivity index (χ0n) is 11.7. The first kappa shape index (κ1) is 14.1. The molecule has 0 fully saturated rings. The Bertz CT molecular complexity index is 605. The number of aromatic carboxylic acids is 1. The van der Waals surface area contributed by atoms with Gasteiger partial charge >= 0.3 is 5.97 Å². The third-order valence-corrected chi connectivity index (χ3v) is 3.14. The predicted octanol–water partition coefficient (Wildman–Crippen LogP) is 2.59. The van der Waals surface area contributed by atoms with Crippen LogP contribution in [0, 0.1) is 0 Å². The second-order valence-electron chi connectivity index (χ2n) is 4.55. The normalized spacial score (nSPS) is 10.5. The van der Waals surface area contributed by atoms with Crippen LogP contribution >= 0.6 is 0 Å². The molecule has 0 spiro atoms. The van der Waals surface area contributed by atoms with Crippen molar-refractivity contribution in [2.75, 3.05) is 7.11 Å². The molecule has 106 valence electrons. The first-order valence-electron chi connectivity index (χ1n) is 6.56. The second kappa shape index (κ2) is 6.23. The van der Waals surface area contributed by atoms with E-state index in [2.05, 4.69) is 11.9 Å². The molecule has 0 aliphatic heterocycles. The van der Waals surface area contributed by atoms with E-state index in [1.807, 2.05) is 10.8 Å². The number of aryl methyl sites for hydroxylation is 1. The summed E-state index contributed by atoms with van der Waals surface area (Å²) in [5, 5.41) is 9.08. The fourth-order valence-corrected chi connectivity index (χ4v) is 2.15. The van der Waals surface area contributed by atoms with Gasteiger partial charge in [-0.25, -0.2) is 9.78 Å². The number of rotatable bonds is 6. The lowest BCUT2D eigenvalue weighted by Gasteiger charge is -2.12. The Labute approximate surface area is 117 Å². The van der Waals surface area contributed by atoms with E-state index in [0.717, 1.165) is 24.2 Å². The number of nitrogens with zero attached hydrogens (tertiary/aromatic N) is 2. The fraction of sp³-hybridized carbons (Fsp3) is 0.333. The molecule has 1 heterocycles. The molecule has 0 radical (unpaired) electrons. The Kier molecular flexibility index (Phi) is 4.40. The van der Waals surface area contributed by atoms with Gasteiger partial charge in [-0.1, -0.05) is 6.92 Å². The van der Waals surface area contributed by atoms with Gasteiger partial charge in [-0.3, -0.25) is 0 Å². The maximum Gasteiger partial charge on any atom is 0.335 e. The van der Waals surface area contributed by atoms with E-state index < -0.39 is 5.97 Å². The van der Waals surface area contributed by atoms with Crippen LogP contribution in [0.4, 0.5) is 0 Å². The predicted molar refractivity (Wildman–Crippen MR) is 75.3 cm³/mol. The number of imidazole rings is 1. The first-order chi connectivity index (χ1) is 9.65. The molecule has 20 heavy (non-hydrogen) atoms. The summed E-state index contributed by atoms with van der Waals surface area (Å²) < 4.78 is 7.32. The van der Waals surface area contributed by atoms with Gasteiger partial charge in [-0.2, -0.15) is 0 Å². The van der Waals surface area contributed by atoms with E-state index in [0.29, 0.717) is 12.3 Å². The highest BCUT2D eigenvalue weighted by Crippen LogP contribution is 2.21. The minimum Gasteiger partial charge on any atom is -0.496 e. The van der Waals surface area contributed by atoms with Crippen LogP contribution in [0.2, 0.25) is 0 Å². The number of hydrogen-bond donors (Lipinski definition) is 1. The maximum atomic E-state index is 11.1. The molecule has 0 unspecified atom stereocenters. The van der Waals surface area contributed by atoms with Crippen LogP contribution < -0.4 is 4.74 Å². The van der Waals surface area contributed by atoms with Gasteiger partial charge in [0.2, 0.25) is 0 Å². The van der Waals surface area contributed by atoms with E-state index in [4.69, 9.17) is 9.84 Å². The lowest BCUT2D eigenvalue weighted by Crippen LogP contribution is -2.07. The second-order valence-corrected chi connectivity index (χ2v) is 4.55. The molecule has 5 heteroatoms. The van der Waals surface area contributed by atoms with Crippen molar-refractivity contribution in [1.29, 1.82) is 0 Å². The number of ether oxygens (including phenoxy) is 1. The van der Waals surface area contributed by atoms with Crippen LogP contribution in [0.1, 0.15) is 35.1 Å². The van der Waals surface area contributed by atoms with Crippen molar-refractivity contribution in [3.8, 4) is 5.75 Å². The average Bonchev–Trinajstić information content (AvgIpc) is 2.86. The summed E-state index contributed by atoms with van der Waals surface area (Å²) in [6.07, 6.45) is 5.58. The zero-order valence-corrected chi connectivity index (χ0v) is 11.7. The van der Waals surface area contributed by atoms with Gasteiger partial charge < -0.3 is 14.4 Å². The van der Waals surface area contributed by atoms with Gasteiger partial charge in [0.15, 0.2) is 0 Å². The first-order valence-corrected chi connectivity index (χ1v) is 6.56. The highest BCUT2D eigenvalue weighted by atomic mass is 16.5. The van der Waals surface area contributed by atoms with E-state index >= 15 is 0 Å². The molecule has 0 atom stereocenters. The highest BCUT2D eigenvalue weighted by Gasteiger charge is 2.11. The third kappa shape index (κ3) is 2.99. The summed E-state index contributed by atoms with van der Waals surface area (Å²) in [4.78, 5) is 15.4. The molecule has 0 saturated heterocycles. The van der Waals surface area contributed by atoms with Crippen LogP contribution in [-0.4, -0.2) is 27.7 Å². The molecule has 1 N–H and O–H groups in total. The number of carbonyl (C=O) groups is 1. The quantitative estimate of drug-likeness (QED) is 0.879. The van der Waals surface area contributed by atoms with Crippen molar-refractivity contribution in [1.82, 2.24) is 9.55 Å². The Balaban J connectivity index is 2.33. The van der Waals surface area contributed by atoms with Gasteiger partial charge in [-0.05, 0) is 24.6 Å². The molecule has 2 rings (SSSR count). The summed E-state index contributed by atoms with van der Waals surface area (Å²) in [5.74, 6) is 0.745. The van der Waals surface area contributed by atoms with Crippen molar-refractivity contribution >= 4 is 5.97 Å². The lowest BCUT2D eigenvalue weighted by atomic mass is 10.1. The van der Waals surface area contributed by atoms with Gasteiger partial charge in [-0.15, -0.1) is 0 Å². The minimum atomic E-state index is -0.937. The topological polar surface area (TPSA) is 64.4 Å². The molecule has 0 saturated carbocycles. The Morgan fingerprint density at radius 3 is 2.90 bits per heavy atom. The molecule has 0 aliphatic carbocycles. The van der Waals surface area contributed by atoms with Crippen molar-refractivity contribution in [3.63, 3.8) is 0 Å². The summed E-state index contributed by atoms with van der Waals surface area (Å²) >= 11 is 0. The largest absolute Gasteiger partial charge is 0.496 e. The van der Waals surface area contributed by atoms with Gasteiger partial charge in [0, 0.05) is 24.4 Å². The Morgan fingerprint density at radius 2 is 2.25 bits per heavy atom. The monoisotopic (exact) mass is 274 g/mol. The molecular weight excluding hydrogens is 256 g/mol. The summed E-state index contributed by atoms with van der Waals surface area (Å²) in [7, 11) is 1.58. The number of methoxy groups -OCH3 is 1. The number of benzene rings is 1. The van der Waals surface area contributed by atoms with Crippen molar-refractivity contribution in [2.45, 2.75) is 26.3 Å². The van der Waals surface area contributed by atoms with Crippen LogP contribution in [0.25, 0.3) is 0 Å². The summed E-state index contributed by atoms with van der Waals surface area (Å²) in [5.41, 5.74) is 1.10. The van der Waals surface area contributed by atoms with Crippen LogP contribution in [0.15, 0.2) is 30.6 Å². The van der Waals surface area contributed by atoms with Gasteiger partial charge in [0.1, 0.15) is 11.6 Å². The zero-order chi connectivity index (χ0) is 14.5. The lowest BCUT2D eigenvalue weighted by molar-refractivity contribution is 0.0696. The molecule has 1 aromatic carbocycles. The molecule has 5 nitrogen and oxygen atoms in total. The number of aromatic nitrogens is 2. The smallest absolute Gasteiger partial charge is 0.335 e. The molecule has 1 aromatic heterocycles. The average molecular weight is 274 g/mol. The third-order valence-electron chi connectivity index (χ3n) is 3.14. The van der Waals surface area contributed by atoms with E-state index in [1.54, 1.807) is 31.5 Å². The Morgan fingerprint density at radius 1 is 1.45 bits per heavy atom. The van der Waals surface area contributed by atoms with Crippen molar-refractivity contribution in [3.05, 3.63) is 47.5 Å². The number of carboxylic acid groups (broad SMARTS) is 1. The SMILES string of the molecule is CCCc1nccn1Cc1cc(C(=O)O)ccc1OC. The van der Waals surface area contributed by atoms with Crippen molar-refractivity contribution < 1.29 is 14.6 Å². The summed E-state index contributed by atoms with van der Waals surface area (Å²) in [6, 6.07) is 4.89. The van der Waals surface area contributed by atoms with Crippen LogP contribution in [0.3, 0.4) is 0 Å².